The number of aromatic nitrogens is 2. The molecule has 1 aromatic carbocycles. The Balaban J connectivity index is 1.53. The molecule has 0 radical (unpaired) electrons. The van der Waals surface area contributed by atoms with Crippen LogP contribution in [0, 0.1) is 0 Å². The molecule has 24 heavy (non-hydrogen) atoms. The highest BCUT2D eigenvalue weighted by molar-refractivity contribution is 6.33. The molecular formula is C18H18ClN3O2. The smallest absolute Gasteiger partial charge is 0.287 e. The summed E-state index contributed by atoms with van der Waals surface area (Å²) in [6.07, 6.45) is 5.53. The van der Waals surface area contributed by atoms with Crippen LogP contribution in [-0.4, -0.2) is 22.2 Å². The maximum atomic E-state index is 12.1. The van der Waals surface area contributed by atoms with Crippen LogP contribution >= 0.6 is 11.6 Å². The molecule has 0 aliphatic heterocycles. The normalized spacial score (nSPS) is 10.8. The SMILES string of the molecule is Cn1cc(CCCNC(=O)c2ccc(-c3ccccc3Cl)o2)cn1. The monoisotopic (exact) mass is 343 g/mol. The van der Waals surface area contributed by atoms with Crippen molar-refractivity contribution in [3.63, 3.8) is 0 Å². The quantitative estimate of drug-likeness (QED) is 0.694. The predicted molar refractivity (Wildman–Crippen MR) is 93.0 cm³/mol. The molecule has 3 aromatic rings. The van der Waals surface area contributed by atoms with Gasteiger partial charge in [-0.05, 0) is 42.7 Å². The number of benzene rings is 1. The van der Waals surface area contributed by atoms with E-state index < -0.39 is 0 Å². The second-order valence-corrected chi connectivity index (χ2v) is 5.93. The van der Waals surface area contributed by atoms with E-state index in [9.17, 15) is 4.79 Å². The molecule has 0 spiro atoms. The lowest BCUT2D eigenvalue weighted by Gasteiger charge is -2.03. The number of nitrogens with one attached hydrogen (secondary N) is 1. The van der Waals surface area contributed by atoms with Crippen molar-refractivity contribution < 1.29 is 9.21 Å². The number of amides is 1. The summed E-state index contributed by atoms with van der Waals surface area (Å²) in [6, 6.07) is 10.8. The number of furan rings is 1. The summed E-state index contributed by atoms with van der Waals surface area (Å²) in [6.45, 7) is 0.579. The molecule has 0 unspecified atom stereocenters. The topological polar surface area (TPSA) is 60.1 Å². The van der Waals surface area contributed by atoms with Gasteiger partial charge in [0.15, 0.2) is 5.76 Å². The first-order valence-electron chi connectivity index (χ1n) is 7.74. The lowest BCUT2D eigenvalue weighted by Crippen LogP contribution is -2.24. The highest BCUT2D eigenvalue weighted by Crippen LogP contribution is 2.28. The number of hydrogen-bond acceptors (Lipinski definition) is 3. The van der Waals surface area contributed by atoms with Crippen LogP contribution in [0.15, 0.2) is 53.2 Å². The average Bonchev–Trinajstić information content (AvgIpc) is 3.21. The van der Waals surface area contributed by atoms with Crippen molar-refractivity contribution in [1.82, 2.24) is 15.1 Å². The van der Waals surface area contributed by atoms with E-state index in [0.29, 0.717) is 17.3 Å². The molecule has 0 fully saturated rings. The van der Waals surface area contributed by atoms with E-state index in [2.05, 4.69) is 10.4 Å². The zero-order valence-electron chi connectivity index (χ0n) is 13.3. The molecule has 0 bridgehead atoms. The van der Waals surface area contributed by atoms with Crippen LogP contribution in [0.1, 0.15) is 22.5 Å². The maximum absolute atomic E-state index is 12.1. The number of rotatable bonds is 6. The summed E-state index contributed by atoms with van der Waals surface area (Å²) in [7, 11) is 1.89. The van der Waals surface area contributed by atoms with Crippen molar-refractivity contribution in [1.29, 1.82) is 0 Å². The number of hydrogen-bond donors (Lipinski definition) is 1. The van der Waals surface area contributed by atoms with Crippen LogP contribution < -0.4 is 5.32 Å². The molecule has 0 saturated heterocycles. The minimum absolute atomic E-state index is 0.223. The summed E-state index contributed by atoms with van der Waals surface area (Å²) < 4.78 is 7.39. The van der Waals surface area contributed by atoms with E-state index in [1.165, 1.54) is 0 Å². The first kappa shape index (κ1) is 16.3. The Morgan fingerprint density at radius 3 is 2.88 bits per heavy atom. The number of aryl methyl sites for hydroxylation is 2. The van der Waals surface area contributed by atoms with Crippen LogP contribution in [0.3, 0.4) is 0 Å². The Labute approximate surface area is 145 Å². The second-order valence-electron chi connectivity index (χ2n) is 5.53. The van der Waals surface area contributed by atoms with E-state index in [-0.39, 0.29) is 11.7 Å². The lowest BCUT2D eigenvalue weighted by molar-refractivity contribution is 0.0926. The number of carbonyl (C=O) groups is 1. The zero-order chi connectivity index (χ0) is 16.9. The van der Waals surface area contributed by atoms with E-state index in [0.717, 1.165) is 24.0 Å². The third kappa shape index (κ3) is 3.86. The molecular weight excluding hydrogens is 326 g/mol. The summed E-state index contributed by atoms with van der Waals surface area (Å²) >= 11 is 6.14. The van der Waals surface area contributed by atoms with Gasteiger partial charge in [-0.25, -0.2) is 0 Å². The van der Waals surface area contributed by atoms with Crippen molar-refractivity contribution in [2.75, 3.05) is 6.54 Å². The van der Waals surface area contributed by atoms with Crippen LogP contribution in [0.4, 0.5) is 0 Å². The van der Waals surface area contributed by atoms with Gasteiger partial charge in [-0.15, -0.1) is 0 Å². The van der Waals surface area contributed by atoms with Gasteiger partial charge in [-0.3, -0.25) is 9.48 Å². The van der Waals surface area contributed by atoms with E-state index >= 15 is 0 Å². The maximum Gasteiger partial charge on any atom is 0.287 e. The zero-order valence-corrected chi connectivity index (χ0v) is 14.1. The molecule has 5 nitrogen and oxygen atoms in total. The fraction of sp³-hybridized carbons (Fsp3) is 0.222. The first-order valence-corrected chi connectivity index (χ1v) is 8.12. The van der Waals surface area contributed by atoms with Crippen molar-refractivity contribution >= 4 is 17.5 Å². The van der Waals surface area contributed by atoms with E-state index in [4.69, 9.17) is 16.0 Å². The fourth-order valence-electron chi connectivity index (χ4n) is 2.45. The van der Waals surface area contributed by atoms with Gasteiger partial charge < -0.3 is 9.73 Å². The van der Waals surface area contributed by atoms with Gasteiger partial charge in [-0.1, -0.05) is 23.7 Å². The average molecular weight is 344 g/mol. The molecule has 2 aromatic heterocycles. The molecule has 3 rings (SSSR count). The van der Waals surface area contributed by atoms with Crippen molar-refractivity contribution in [2.45, 2.75) is 12.8 Å². The van der Waals surface area contributed by atoms with Gasteiger partial charge >= 0.3 is 0 Å². The van der Waals surface area contributed by atoms with Crippen molar-refractivity contribution in [3.05, 3.63) is 65.1 Å². The summed E-state index contributed by atoms with van der Waals surface area (Å²) in [5.41, 5.74) is 1.93. The van der Waals surface area contributed by atoms with Gasteiger partial charge in [-0.2, -0.15) is 5.10 Å². The Hall–Kier alpha value is -2.53. The third-order valence-electron chi connectivity index (χ3n) is 3.66. The summed E-state index contributed by atoms with van der Waals surface area (Å²) in [5.74, 6) is 0.645. The highest BCUT2D eigenvalue weighted by Gasteiger charge is 2.13. The number of halogens is 1. The van der Waals surface area contributed by atoms with Gasteiger partial charge in [0.25, 0.3) is 5.91 Å². The molecule has 6 heteroatoms. The molecule has 1 amide bonds. The van der Waals surface area contributed by atoms with Gasteiger partial charge in [0, 0.05) is 25.4 Å². The summed E-state index contributed by atoms with van der Waals surface area (Å²) in [4.78, 5) is 12.1. The van der Waals surface area contributed by atoms with Crippen LogP contribution in [0.2, 0.25) is 5.02 Å². The Bertz CT molecular complexity index is 838. The van der Waals surface area contributed by atoms with Crippen LogP contribution in [0.25, 0.3) is 11.3 Å². The summed E-state index contributed by atoms with van der Waals surface area (Å²) in [5, 5.41) is 7.58. The second kappa shape index (κ2) is 7.36. The Morgan fingerprint density at radius 1 is 1.29 bits per heavy atom. The Morgan fingerprint density at radius 2 is 2.12 bits per heavy atom. The number of carbonyl (C=O) groups excluding carboxylic acids is 1. The highest BCUT2D eigenvalue weighted by atomic mass is 35.5. The molecule has 0 aliphatic carbocycles. The molecule has 1 N–H and O–H groups in total. The van der Waals surface area contributed by atoms with Crippen LogP contribution in [0.5, 0.6) is 0 Å². The standard InChI is InChI=1S/C18H18ClN3O2/c1-22-12-13(11-21-22)5-4-10-20-18(23)17-9-8-16(24-17)14-6-2-3-7-15(14)19/h2-3,6-9,11-12H,4-5,10H2,1H3,(H,20,23). The van der Waals surface area contributed by atoms with Gasteiger partial charge in [0.2, 0.25) is 0 Å². The largest absolute Gasteiger partial charge is 0.451 e. The van der Waals surface area contributed by atoms with Crippen LogP contribution in [-0.2, 0) is 13.5 Å². The lowest BCUT2D eigenvalue weighted by atomic mass is 10.2. The molecule has 0 aliphatic rings. The molecule has 0 saturated carbocycles. The fourth-order valence-corrected chi connectivity index (χ4v) is 2.68. The number of nitrogens with zero attached hydrogens (tertiary/aromatic N) is 2. The molecule has 124 valence electrons. The molecule has 0 atom stereocenters. The van der Waals surface area contributed by atoms with Gasteiger partial charge in [0.05, 0.1) is 11.2 Å². The van der Waals surface area contributed by atoms with Crippen molar-refractivity contribution in [3.8, 4) is 11.3 Å². The Kier molecular flexibility index (Phi) is 5.01. The van der Waals surface area contributed by atoms with Gasteiger partial charge in [0.1, 0.15) is 5.76 Å². The van der Waals surface area contributed by atoms with E-state index in [1.807, 2.05) is 37.6 Å². The first-order chi connectivity index (χ1) is 11.6. The van der Waals surface area contributed by atoms with Crippen molar-refractivity contribution in [2.24, 2.45) is 7.05 Å². The minimum Gasteiger partial charge on any atom is -0.451 e. The minimum atomic E-state index is -0.223. The third-order valence-corrected chi connectivity index (χ3v) is 3.98. The van der Waals surface area contributed by atoms with E-state index in [1.54, 1.807) is 22.9 Å². The molecule has 2 heterocycles. The predicted octanol–water partition coefficient (Wildman–Crippen LogP) is 3.70.